The SMILES string of the molecule is CCN1C(=O)/C(=C/c2cc(Cl)cc(Cl)c2O)SC1=Nc1ccc(C(=O)O)cc1. The lowest BCUT2D eigenvalue weighted by Crippen LogP contribution is -2.28. The lowest BCUT2D eigenvalue weighted by Gasteiger charge is -2.12. The van der Waals surface area contributed by atoms with Gasteiger partial charge in [0.15, 0.2) is 5.17 Å². The summed E-state index contributed by atoms with van der Waals surface area (Å²) in [6.07, 6.45) is 1.51. The van der Waals surface area contributed by atoms with Crippen LogP contribution in [0, 0.1) is 0 Å². The van der Waals surface area contributed by atoms with E-state index in [1.54, 1.807) is 12.1 Å². The maximum Gasteiger partial charge on any atom is 0.335 e. The highest BCUT2D eigenvalue weighted by atomic mass is 35.5. The Bertz CT molecular complexity index is 1020. The number of carboxylic acid groups (broad SMARTS) is 1. The van der Waals surface area contributed by atoms with E-state index in [0.29, 0.717) is 32.9 Å². The number of carbonyl (C=O) groups is 2. The van der Waals surface area contributed by atoms with Crippen molar-refractivity contribution in [3.8, 4) is 5.75 Å². The number of rotatable bonds is 4. The molecule has 0 bridgehead atoms. The van der Waals surface area contributed by atoms with Gasteiger partial charge >= 0.3 is 5.97 Å². The topological polar surface area (TPSA) is 90.2 Å². The van der Waals surface area contributed by atoms with Crippen LogP contribution in [0.15, 0.2) is 46.3 Å². The van der Waals surface area contributed by atoms with Gasteiger partial charge in [-0.25, -0.2) is 9.79 Å². The molecule has 2 aromatic rings. The van der Waals surface area contributed by atoms with E-state index < -0.39 is 5.97 Å². The van der Waals surface area contributed by atoms with Gasteiger partial charge in [-0.1, -0.05) is 23.2 Å². The Morgan fingerprint density at radius 2 is 1.93 bits per heavy atom. The van der Waals surface area contributed by atoms with E-state index >= 15 is 0 Å². The molecule has 1 aliphatic heterocycles. The number of amidine groups is 1. The quantitative estimate of drug-likeness (QED) is 0.656. The van der Waals surface area contributed by atoms with Crippen LogP contribution in [0.2, 0.25) is 10.0 Å². The van der Waals surface area contributed by atoms with Crippen molar-refractivity contribution in [1.29, 1.82) is 0 Å². The number of aliphatic imine (C=N–C) groups is 1. The number of aromatic carboxylic acids is 1. The van der Waals surface area contributed by atoms with Gasteiger partial charge in [-0.3, -0.25) is 9.69 Å². The van der Waals surface area contributed by atoms with Crippen molar-refractivity contribution in [2.75, 3.05) is 6.54 Å². The molecule has 1 saturated heterocycles. The number of nitrogens with zero attached hydrogens (tertiary/aromatic N) is 2. The predicted octanol–water partition coefficient (Wildman–Crippen LogP) is 5.02. The second-order valence-electron chi connectivity index (χ2n) is 5.73. The number of carbonyl (C=O) groups excluding carboxylic acids is 1. The number of thioether (sulfide) groups is 1. The first-order valence-electron chi connectivity index (χ1n) is 8.11. The molecular weight excluding hydrogens is 423 g/mol. The van der Waals surface area contributed by atoms with Crippen LogP contribution in [-0.2, 0) is 4.79 Å². The molecule has 6 nitrogen and oxygen atoms in total. The molecule has 2 aromatic carbocycles. The van der Waals surface area contributed by atoms with Crippen LogP contribution in [0.4, 0.5) is 5.69 Å². The van der Waals surface area contributed by atoms with Gasteiger partial charge in [-0.2, -0.15) is 0 Å². The molecule has 0 aliphatic carbocycles. The predicted molar refractivity (Wildman–Crippen MR) is 112 cm³/mol. The molecule has 0 atom stereocenters. The highest BCUT2D eigenvalue weighted by Crippen LogP contribution is 2.38. The Morgan fingerprint density at radius 1 is 1.25 bits per heavy atom. The minimum Gasteiger partial charge on any atom is -0.506 e. The number of likely N-dealkylation sites (N-methyl/N-ethyl adjacent to an activating group) is 1. The van der Waals surface area contributed by atoms with Crippen LogP contribution in [-0.4, -0.2) is 38.7 Å². The minimum absolute atomic E-state index is 0.0922. The molecule has 0 spiro atoms. The number of hydrogen-bond donors (Lipinski definition) is 2. The first-order chi connectivity index (χ1) is 13.3. The van der Waals surface area contributed by atoms with Crippen molar-refractivity contribution >= 4 is 63.8 Å². The summed E-state index contributed by atoms with van der Waals surface area (Å²) in [5.41, 5.74) is 1.01. The van der Waals surface area contributed by atoms with E-state index in [9.17, 15) is 14.7 Å². The number of phenols is 1. The Hall–Kier alpha value is -2.48. The van der Waals surface area contributed by atoms with E-state index in [1.165, 1.54) is 35.2 Å². The Labute approximate surface area is 175 Å². The van der Waals surface area contributed by atoms with Crippen LogP contribution < -0.4 is 0 Å². The van der Waals surface area contributed by atoms with Crippen LogP contribution in [0.1, 0.15) is 22.8 Å². The summed E-state index contributed by atoms with van der Waals surface area (Å²) in [5.74, 6) is -1.45. The van der Waals surface area contributed by atoms with Crippen molar-refractivity contribution in [3.63, 3.8) is 0 Å². The molecule has 0 radical (unpaired) electrons. The molecule has 28 heavy (non-hydrogen) atoms. The fourth-order valence-corrected chi connectivity index (χ4v) is 4.06. The lowest BCUT2D eigenvalue weighted by molar-refractivity contribution is -0.122. The molecule has 1 heterocycles. The van der Waals surface area contributed by atoms with Crippen molar-refractivity contribution in [2.24, 2.45) is 4.99 Å². The van der Waals surface area contributed by atoms with Crippen LogP contribution in [0.25, 0.3) is 6.08 Å². The molecular formula is C19H14Cl2N2O4S. The first kappa shape index (κ1) is 20.3. The fourth-order valence-electron chi connectivity index (χ4n) is 2.50. The molecule has 0 unspecified atom stereocenters. The number of carboxylic acids is 1. The number of amides is 1. The molecule has 144 valence electrons. The van der Waals surface area contributed by atoms with Crippen molar-refractivity contribution in [3.05, 3.63) is 62.5 Å². The first-order valence-corrected chi connectivity index (χ1v) is 9.69. The summed E-state index contributed by atoms with van der Waals surface area (Å²) in [6, 6.07) is 8.96. The van der Waals surface area contributed by atoms with Crippen molar-refractivity contribution < 1.29 is 19.8 Å². The van der Waals surface area contributed by atoms with E-state index in [1.807, 2.05) is 6.92 Å². The monoisotopic (exact) mass is 436 g/mol. The van der Waals surface area contributed by atoms with Crippen molar-refractivity contribution in [1.82, 2.24) is 4.90 Å². The molecule has 0 saturated carbocycles. The highest BCUT2D eigenvalue weighted by Gasteiger charge is 2.32. The third-order valence-corrected chi connectivity index (χ3v) is 5.40. The third-order valence-electron chi connectivity index (χ3n) is 3.89. The maximum atomic E-state index is 12.7. The van der Waals surface area contributed by atoms with Crippen LogP contribution in [0.5, 0.6) is 5.75 Å². The zero-order valence-electron chi connectivity index (χ0n) is 14.5. The molecule has 1 aliphatic rings. The number of aromatic hydroxyl groups is 1. The fraction of sp³-hybridized carbons (Fsp3) is 0.105. The van der Waals surface area contributed by atoms with E-state index in [0.717, 1.165) is 11.8 Å². The van der Waals surface area contributed by atoms with Gasteiger partial charge in [0.1, 0.15) is 5.75 Å². The smallest absolute Gasteiger partial charge is 0.335 e. The molecule has 1 fully saturated rings. The van der Waals surface area contributed by atoms with Gasteiger partial charge in [0.25, 0.3) is 5.91 Å². The largest absolute Gasteiger partial charge is 0.506 e. The summed E-state index contributed by atoms with van der Waals surface area (Å²) < 4.78 is 0. The number of halogens is 2. The van der Waals surface area contributed by atoms with Crippen LogP contribution >= 0.6 is 35.0 Å². The van der Waals surface area contributed by atoms with E-state index in [2.05, 4.69) is 4.99 Å². The second kappa shape index (κ2) is 8.26. The third kappa shape index (κ3) is 4.16. The molecule has 9 heteroatoms. The second-order valence-corrected chi connectivity index (χ2v) is 7.58. The average molecular weight is 437 g/mol. The summed E-state index contributed by atoms with van der Waals surface area (Å²) in [7, 11) is 0. The van der Waals surface area contributed by atoms with Gasteiger partial charge in [0, 0.05) is 17.1 Å². The average Bonchev–Trinajstić information content (AvgIpc) is 2.94. The number of phenolic OH excluding ortho intramolecular Hbond substituents is 1. The van der Waals surface area contributed by atoms with E-state index in [4.69, 9.17) is 28.3 Å². The minimum atomic E-state index is -1.02. The number of hydrogen-bond acceptors (Lipinski definition) is 5. The number of benzene rings is 2. The van der Waals surface area contributed by atoms with Gasteiger partial charge in [0.05, 0.1) is 21.2 Å². The molecule has 2 N–H and O–H groups in total. The maximum absolute atomic E-state index is 12.7. The van der Waals surface area contributed by atoms with Gasteiger partial charge in [-0.15, -0.1) is 0 Å². The standard InChI is InChI=1S/C19H14Cl2N2O4S/c1-2-23-17(25)15(8-11-7-12(20)9-14(21)16(11)24)28-19(23)22-13-5-3-10(4-6-13)18(26)27/h3-9,24H,2H2,1H3,(H,26,27)/b15-8-,22-19?. The Balaban J connectivity index is 1.95. The zero-order chi connectivity index (χ0) is 20.4. The zero-order valence-corrected chi connectivity index (χ0v) is 16.8. The lowest BCUT2D eigenvalue weighted by atomic mass is 10.2. The highest BCUT2D eigenvalue weighted by molar-refractivity contribution is 8.18. The molecule has 3 rings (SSSR count). The van der Waals surface area contributed by atoms with E-state index in [-0.39, 0.29) is 22.2 Å². The van der Waals surface area contributed by atoms with Gasteiger partial charge in [0.2, 0.25) is 0 Å². The van der Waals surface area contributed by atoms with Crippen LogP contribution in [0.3, 0.4) is 0 Å². The van der Waals surface area contributed by atoms with Crippen molar-refractivity contribution in [2.45, 2.75) is 6.92 Å². The summed E-state index contributed by atoms with van der Waals surface area (Å²) in [6.45, 7) is 2.22. The summed E-state index contributed by atoms with van der Waals surface area (Å²) >= 11 is 13.1. The normalized spacial score (nSPS) is 17.0. The summed E-state index contributed by atoms with van der Waals surface area (Å²) in [5, 5.41) is 20.0. The Morgan fingerprint density at radius 3 is 2.54 bits per heavy atom. The van der Waals surface area contributed by atoms with Gasteiger partial charge < -0.3 is 10.2 Å². The molecule has 1 amide bonds. The molecule has 0 aromatic heterocycles. The summed E-state index contributed by atoms with van der Waals surface area (Å²) in [4.78, 5) is 29.9. The van der Waals surface area contributed by atoms with Gasteiger partial charge in [-0.05, 0) is 61.2 Å². The Kier molecular flexibility index (Phi) is 5.98.